The molecule has 0 unspecified atom stereocenters. The lowest BCUT2D eigenvalue weighted by molar-refractivity contribution is -0.117. The van der Waals surface area contributed by atoms with E-state index in [4.69, 9.17) is 0 Å². The van der Waals surface area contributed by atoms with E-state index < -0.39 is 0 Å². The maximum atomic E-state index is 12.3. The molecule has 4 nitrogen and oxygen atoms in total. The van der Waals surface area contributed by atoms with Crippen molar-refractivity contribution in [1.29, 1.82) is 5.26 Å². The third-order valence-corrected chi connectivity index (χ3v) is 4.27. The minimum Gasteiger partial charge on any atom is -0.360 e. The molecule has 0 saturated heterocycles. The number of amides is 1. The summed E-state index contributed by atoms with van der Waals surface area (Å²) in [6.07, 6.45) is 4.01. The van der Waals surface area contributed by atoms with E-state index in [2.05, 4.69) is 36.6 Å². The predicted octanol–water partition coefficient (Wildman–Crippen LogP) is 3.99. The minimum absolute atomic E-state index is 0.0750. The summed E-state index contributed by atoms with van der Waals surface area (Å²) in [5.41, 5.74) is 4.55. The van der Waals surface area contributed by atoms with Gasteiger partial charge >= 0.3 is 0 Å². The fourth-order valence-electron chi connectivity index (χ4n) is 2.78. The van der Waals surface area contributed by atoms with E-state index in [0.717, 1.165) is 30.5 Å². The second kappa shape index (κ2) is 10.0. The van der Waals surface area contributed by atoms with Gasteiger partial charge in [0.2, 0.25) is 0 Å². The van der Waals surface area contributed by atoms with Gasteiger partial charge < -0.3 is 10.6 Å². The first-order valence-corrected chi connectivity index (χ1v) is 8.99. The van der Waals surface area contributed by atoms with Gasteiger partial charge in [-0.3, -0.25) is 4.79 Å². The third-order valence-electron chi connectivity index (χ3n) is 4.27. The van der Waals surface area contributed by atoms with Crippen LogP contribution in [0.4, 0.5) is 5.69 Å². The number of nitrogens with zero attached hydrogens (tertiary/aromatic N) is 1. The monoisotopic (exact) mass is 347 g/mol. The molecule has 2 N–H and O–H groups in total. The Morgan fingerprint density at radius 1 is 1.04 bits per heavy atom. The van der Waals surface area contributed by atoms with Crippen LogP contribution in [0.1, 0.15) is 30.5 Å². The number of nitriles is 1. The molecule has 0 heterocycles. The molecule has 26 heavy (non-hydrogen) atoms. The Labute approximate surface area is 155 Å². The highest BCUT2D eigenvalue weighted by molar-refractivity contribution is 5.97. The molecule has 0 fully saturated rings. The molecule has 0 aliphatic heterocycles. The van der Waals surface area contributed by atoms with Crippen molar-refractivity contribution in [1.82, 2.24) is 5.32 Å². The van der Waals surface area contributed by atoms with E-state index in [-0.39, 0.29) is 11.5 Å². The van der Waals surface area contributed by atoms with Crippen molar-refractivity contribution < 1.29 is 4.79 Å². The van der Waals surface area contributed by atoms with Crippen LogP contribution in [-0.4, -0.2) is 12.5 Å². The van der Waals surface area contributed by atoms with Gasteiger partial charge in [0.15, 0.2) is 0 Å². The zero-order chi connectivity index (χ0) is 18.8. The molecule has 0 atom stereocenters. The second-order valence-electron chi connectivity index (χ2n) is 5.96. The lowest BCUT2D eigenvalue weighted by Gasteiger charge is -2.13. The van der Waals surface area contributed by atoms with Gasteiger partial charge in [0.05, 0.1) is 0 Å². The number of rotatable bonds is 8. The highest BCUT2D eigenvalue weighted by atomic mass is 16.1. The second-order valence-corrected chi connectivity index (χ2v) is 5.96. The van der Waals surface area contributed by atoms with E-state index in [1.807, 2.05) is 42.5 Å². The van der Waals surface area contributed by atoms with Crippen molar-refractivity contribution in [2.24, 2.45) is 0 Å². The van der Waals surface area contributed by atoms with Crippen LogP contribution in [0.5, 0.6) is 0 Å². The molecule has 0 aromatic heterocycles. The number of benzene rings is 2. The fraction of sp³-hybridized carbons (Fsp3) is 0.273. The van der Waals surface area contributed by atoms with E-state index in [1.165, 1.54) is 17.3 Å². The third kappa shape index (κ3) is 5.22. The minimum atomic E-state index is -0.358. The first kappa shape index (κ1) is 19.3. The molecule has 2 aromatic carbocycles. The summed E-state index contributed by atoms with van der Waals surface area (Å²) in [5.74, 6) is -0.358. The van der Waals surface area contributed by atoms with Crippen LogP contribution < -0.4 is 10.6 Å². The molecule has 0 spiro atoms. The van der Waals surface area contributed by atoms with Gasteiger partial charge in [0, 0.05) is 18.4 Å². The normalized spacial score (nSPS) is 10.9. The summed E-state index contributed by atoms with van der Waals surface area (Å²) in [7, 11) is 0. The molecule has 134 valence electrons. The van der Waals surface area contributed by atoms with Crippen LogP contribution in [0, 0.1) is 11.3 Å². The molecule has 0 aliphatic carbocycles. The number of nitrogens with one attached hydrogen (secondary N) is 2. The first-order valence-electron chi connectivity index (χ1n) is 8.99. The van der Waals surface area contributed by atoms with Gasteiger partial charge in [-0.2, -0.15) is 5.26 Å². The van der Waals surface area contributed by atoms with Crippen molar-refractivity contribution in [2.75, 3.05) is 11.9 Å². The number of carbonyl (C=O) groups excluding carboxylic acids is 1. The Kier molecular flexibility index (Phi) is 7.45. The standard InChI is InChI=1S/C22H25N3O/c1-3-18-11-8-12-19(4-2)21(18)25-16-20(15-23)22(26)24-14-13-17-9-6-5-7-10-17/h5-12,16,25H,3-4,13-14H2,1-2H3,(H,24,26)/b20-16-. The highest BCUT2D eigenvalue weighted by Crippen LogP contribution is 2.22. The Balaban J connectivity index is 2.01. The van der Waals surface area contributed by atoms with Gasteiger partial charge in [0.1, 0.15) is 11.6 Å². The zero-order valence-electron chi connectivity index (χ0n) is 15.4. The fourth-order valence-corrected chi connectivity index (χ4v) is 2.78. The van der Waals surface area contributed by atoms with Crippen LogP contribution in [0.25, 0.3) is 0 Å². The molecule has 1 amide bonds. The number of aryl methyl sites for hydroxylation is 2. The van der Waals surface area contributed by atoms with Gasteiger partial charge in [-0.05, 0) is 36.0 Å². The summed E-state index contributed by atoms with van der Waals surface area (Å²) >= 11 is 0. The molecule has 2 aromatic rings. The maximum Gasteiger partial charge on any atom is 0.263 e. The Morgan fingerprint density at radius 2 is 1.69 bits per heavy atom. The summed E-state index contributed by atoms with van der Waals surface area (Å²) < 4.78 is 0. The summed E-state index contributed by atoms with van der Waals surface area (Å²) in [5, 5.41) is 15.3. The molecule has 0 radical (unpaired) electrons. The first-order chi connectivity index (χ1) is 12.7. The van der Waals surface area contributed by atoms with E-state index >= 15 is 0 Å². The van der Waals surface area contributed by atoms with Gasteiger partial charge in [0.25, 0.3) is 5.91 Å². The average Bonchev–Trinajstić information content (AvgIpc) is 2.69. The summed E-state index contributed by atoms with van der Waals surface area (Å²) in [6, 6.07) is 18.1. The summed E-state index contributed by atoms with van der Waals surface area (Å²) in [4.78, 5) is 12.3. The number of hydrogen-bond acceptors (Lipinski definition) is 3. The van der Waals surface area contributed by atoms with Crippen LogP contribution >= 0.6 is 0 Å². The lowest BCUT2D eigenvalue weighted by atomic mass is 10.0. The van der Waals surface area contributed by atoms with E-state index in [9.17, 15) is 10.1 Å². The quantitative estimate of drug-likeness (QED) is 0.560. The predicted molar refractivity (Wildman–Crippen MR) is 106 cm³/mol. The molecular formula is C22H25N3O. The van der Waals surface area contributed by atoms with Crippen molar-refractivity contribution in [3.63, 3.8) is 0 Å². The van der Waals surface area contributed by atoms with Gasteiger partial charge in [-0.1, -0.05) is 62.4 Å². The smallest absolute Gasteiger partial charge is 0.263 e. The highest BCUT2D eigenvalue weighted by Gasteiger charge is 2.10. The largest absolute Gasteiger partial charge is 0.360 e. The van der Waals surface area contributed by atoms with Crippen molar-refractivity contribution in [3.8, 4) is 6.07 Å². The molecule has 0 aliphatic rings. The molecule has 0 bridgehead atoms. The molecule has 4 heteroatoms. The topological polar surface area (TPSA) is 64.9 Å². The molecule has 0 saturated carbocycles. The number of para-hydroxylation sites is 1. The van der Waals surface area contributed by atoms with Crippen LogP contribution in [0.3, 0.4) is 0 Å². The van der Waals surface area contributed by atoms with E-state index in [0.29, 0.717) is 6.54 Å². The maximum absolute atomic E-state index is 12.3. The number of anilines is 1. The van der Waals surface area contributed by atoms with Gasteiger partial charge in [-0.25, -0.2) is 0 Å². The van der Waals surface area contributed by atoms with Gasteiger partial charge in [-0.15, -0.1) is 0 Å². The molecular weight excluding hydrogens is 322 g/mol. The van der Waals surface area contributed by atoms with Crippen LogP contribution in [0.2, 0.25) is 0 Å². The Hall–Kier alpha value is -3.06. The number of hydrogen-bond donors (Lipinski definition) is 2. The van der Waals surface area contributed by atoms with E-state index in [1.54, 1.807) is 0 Å². The molecule has 2 rings (SSSR count). The average molecular weight is 347 g/mol. The van der Waals surface area contributed by atoms with Crippen molar-refractivity contribution >= 4 is 11.6 Å². The van der Waals surface area contributed by atoms with Crippen LogP contribution in [-0.2, 0) is 24.1 Å². The lowest BCUT2D eigenvalue weighted by Crippen LogP contribution is -2.27. The van der Waals surface area contributed by atoms with Crippen LogP contribution in [0.15, 0.2) is 60.3 Å². The van der Waals surface area contributed by atoms with Crippen molar-refractivity contribution in [3.05, 3.63) is 77.0 Å². The number of carbonyl (C=O) groups is 1. The Morgan fingerprint density at radius 3 is 2.27 bits per heavy atom. The SMILES string of the molecule is CCc1cccc(CC)c1N/C=C(/C#N)C(=O)NCCc1ccccc1. The Bertz CT molecular complexity index is 782. The van der Waals surface area contributed by atoms with Crippen molar-refractivity contribution in [2.45, 2.75) is 33.1 Å². The zero-order valence-corrected chi connectivity index (χ0v) is 15.4. The summed E-state index contributed by atoms with van der Waals surface area (Å²) in [6.45, 7) is 4.67.